The molecule has 0 saturated carbocycles. The van der Waals surface area contributed by atoms with Gasteiger partial charge >= 0.3 is 11.9 Å². The summed E-state index contributed by atoms with van der Waals surface area (Å²) >= 11 is 6.20. The van der Waals surface area contributed by atoms with Crippen LogP contribution in [-0.2, 0) is 63.2 Å². The number of alkyl halides is 6. The van der Waals surface area contributed by atoms with Gasteiger partial charge in [-0.25, -0.2) is 25.6 Å². The van der Waals surface area contributed by atoms with Crippen molar-refractivity contribution in [2.45, 2.75) is 115 Å². The van der Waals surface area contributed by atoms with E-state index in [9.17, 15) is 76.4 Å². The van der Waals surface area contributed by atoms with Crippen molar-refractivity contribution in [3.63, 3.8) is 0 Å². The number of hydrogen-bond acceptors (Lipinski definition) is 19. The lowest BCUT2D eigenvalue weighted by Gasteiger charge is -2.45. The van der Waals surface area contributed by atoms with Crippen LogP contribution >= 0.6 is 11.6 Å². The number of amides is 4. The van der Waals surface area contributed by atoms with E-state index in [1.165, 1.54) is 67.7 Å². The first-order chi connectivity index (χ1) is 63.8. The molecule has 12 aromatic rings. The van der Waals surface area contributed by atoms with Gasteiger partial charge in [0.2, 0.25) is 0 Å². The van der Waals surface area contributed by atoms with Gasteiger partial charge in [0.1, 0.15) is 68.9 Å². The van der Waals surface area contributed by atoms with Crippen LogP contribution in [0.25, 0.3) is 39.5 Å². The Balaban J connectivity index is 0.000000124. The first kappa shape index (κ1) is 92.1. The van der Waals surface area contributed by atoms with E-state index >= 15 is 0 Å². The van der Waals surface area contributed by atoms with E-state index in [2.05, 4.69) is 26.1 Å². The molecule has 0 aliphatic carbocycles. The summed E-state index contributed by atoms with van der Waals surface area (Å²) in [6.45, 7) is 6.28. The predicted octanol–water partition coefficient (Wildman–Crippen LogP) is 17.0. The second-order valence-electron chi connectivity index (χ2n) is 33.8. The summed E-state index contributed by atoms with van der Waals surface area (Å²) in [5.41, 5.74) is 3.06. The Morgan fingerprint density at radius 2 is 0.925 bits per heavy atom. The maximum atomic E-state index is 14.1. The number of aromatic nitrogens is 7. The molecule has 0 radical (unpaired) electrons. The summed E-state index contributed by atoms with van der Waals surface area (Å²) < 4.78 is 200. The summed E-state index contributed by atoms with van der Waals surface area (Å²) in [5, 5.41) is 22.9. The Kier molecular flexibility index (Phi) is 24.3. The van der Waals surface area contributed by atoms with E-state index in [0.717, 1.165) is 104 Å². The molecule has 134 heavy (non-hydrogen) atoms. The van der Waals surface area contributed by atoms with Crippen LogP contribution in [0.2, 0.25) is 5.02 Å². The molecule has 0 unspecified atom stereocenters. The summed E-state index contributed by atoms with van der Waals surface area (Å²) in [6, 6.07) is 49.3. The van der Waals surface area contributed by atoms with Crippen molar-refractivity contribution < 1.29 is 104 Å². The number of nitriles is 1. The number of carbonyl (C=O) groups excluding carboxylic acids is 4. The first-order valence-electron chi connectivity index (χ1n) is 42.8. The van der Waals surface area contributed by atoms with Crippen LogP contribution in [-0.4, -0.2) is 178 Å². The maximum Gasteiger partial charge on any atom is 0.573 e. The molecule has 4 spiro atoms. The van der Waals surface area contributed by atoms with Crippen molar-refractivity contribution >= 4 is 54.9 Å². The van der Waals surface area contributed by atoms with Gasteiger partial charge in [-0.1, -0.05) is 41.9 Å². The summed E-state index contributed by atoms with van der Waals surface area (Å²) in [4.78, 5) is 58.3. The van der Waals surface area contributed by atoms with Crippen LogP contribution in [0.5, 0.6) is 40.2 Å². The number of methoxy groups -OCH3 is 2. The minimum absolute atomic E-state index is 0.0530. The van der Waals surface area contributed by atoms with Gasteiger partial charge in [0.15, 0.2) is 27.0 Å². The lowest BCUT2D eigenvalue weighted by atomic mass is 9.81. The first-order valence-corrected chi connectivity index (χ1v) is 46.2. The topological polar surface area (TPSA) is 296 Å². The van der Waals surface area contributed by atoms with Gasteiger partial charge in [0.25, 0.3) is 33.5 Å². The Labute approximate surface area is 769 Å². The fourth-order valence-corrected chi connectivity index (χ4v) is 20.8. The Morgan fingerprint density at radius 1 is 0.478 bits per heavy atom. The lowest BCUT2D eigenvalue weighted by molar-refractivity contribution is -0.274. The molecule has 0 N–H and O–H groups in total. The van der Waals surface area contributed by atoms with Crippen molar-refractivity contribution in [2.75, 3.05) is 66.6 Å². The zero-order valence-corrected chi connectivity index (χ0v) is 75.5. The summed E-state index contributed by atoms with van der Waals surface area (Å²) in [7, 11) is -0.583. The predicted molar refractivity (Wildman–Crippen MR) is 472 cm³/mol. The van der Waals surface area contributed by atoms with Crippen LogP contribution in [0.15, 0.2) is 210 Å². The highest BCUT2D eigenvalue weighted by molar-refractivity contribution is 7.92. The minimum atomic E-state index is -5.46. The van der Waals surface area contributed by atoms with E-state index < -0.39 is 81.6 Å². The Bertz CT molecular complexity index is 6900. The number of piperidine rings is 4. The molecule has 8 aliphatic heterocycles. The van der Waals surface area contributed by atoms with Crippen LogP contribution < -0.4 is 33.2 Å². The Hall–Kier alpha value is -13.7. The highest BCUT2D eigenvalue weighted by atomic mass is 35.5. The minimum Gasteiger partial charge on any atom is -0.497 e. The number of rotatable bonds is 10. The number of hydrogen-bond donors (Lipinski definition) is 0. The normalized spacial score (nSPS) is 16.6. The lowest BCUT2D eigenvalue weighted by Crippen LogP contribution is -2.50. The van der Waals surface area contributed by atoms with Gasteiger partial charge in [-0.2, -0.15) is 33.7 Å². The van der Waals surface area contributed by atoms with Crippen molar-refractivity contribution in [3.8, 4) is 85.8 Å². The second-order valence-corrected chi connectivity index (χ2v) is 38.6. The van der Waals surface area contributed by atoms with E-state index in [1.807, 2.05) is 95.7 Å². The average Bonchev–Trinajstić information content (AvgIpc) is 1.56. The van der Waals surface area contributed by atoms with Crippen molar-refractivity contribution in [3.05, 3.63) is 268 Å². The number of fused-ring (bicyclic) bond motifs is 16. The number of halogens is 9. The van der Waals surface area contributed by atoms with Crippen molar-refractivity contribution in [2.24, 2.45) is 21.1 Å². The molecular weight excluding hydrogens is 1810 g/mol. The number of nitrogens with zero attached hydrogens (tertiary/aromatic N) is 12. The third-order valence-corrected chi connectivity index (χ3v) is 29.8. The van der Waals surface area contributed by atoms with E-state index in [0.29, 0.717) is 132 Å². The largest absolute Gasteiger partial charge is 0.573 e. The maximum absolute atomic E-state index is 14.1. The highest BCUT2D eigenvalue weighted by Gasteiger charge is 2.53. The number of para-hydroxylation sites is 3. The van der Waals surface area contributed by atoms with Gasteiger partial charge < -0.3 is 52.8 Å². The van der Waals surface area contributed by atoms with Gasteiger partial charge in [-0.3, -0.25) is 37.8 Å². The van der Waals surface area contributed by atoms with E-state index in [-0.39, 0.29) is 56.6 Å². The number of carbonyl (C=O) groups is 4. The van der Waals surface area contributed by atoms with Crippen LogP contribution in [0.3, 0.4) is 0 Å². The van der Waals surface area contributed by atoms with E-state index in [4.69, 9.17) is 40.0 Å². The number of sulfone groups is 2. The molecule has 0 atom stereocenters. The molecule has 0 bridgehead atoms. The molecule has 8 aliphatic rings. The van der Waals surface area contributed by atoms with Gasteiger partial charge in [-0.15, -0.1) is 13.2 Å². The average molecular weight is 1900 g/mol. The third-order valence-electron chi connectivity index (χ3n) is 25.9. The molecule has 12 heterocycles. The molecule has 4 fully saturated rings. The molecule has 4 amide bonds. The van der Waals surface area contributed by atoms with Crippen molar-refractivity contribution in [1.82, 2.24) is 53.5 Å². The van der Waals surface area contributed by atoms with Gasteiger partial charge in [-0.05, 0) is 147 Å². The van der Waals surface area contributed by atoms with Crippen LogP contribution in [0.4, 0.5) is 35.1 Å². The van der Waals surface area contributed by atoms with Gasteiger partial charge in [0, 0.05) is 193 Å². The molecule has 20 rings (SSSR count). The third kappa shape index (κ3) is 16.8. The molecule has 27 nitrogen and oxygen atoms in total. The quantitative estimate of drug-likeness (QED) is 0.115. The number of likely N-dealkylation sites (tertiary alicyclic amines) is 4. The number of benzene rings is 8. The fourth-order valence-electron chi connectivity index (χ4n) is 18.8. The van der Waals surface area contributed by atoms with Crippen LogP contribution in [0, 0.1) is 23.0 Å². The van der Waals surface area contributed by atoms with Crippen LogP contribution in [0.1, 0.15) is 135 Å². The number of ether oxygens (including phenoxy) is 7. The second kappa shape index (κ2) is 35.3. The van der Waals surface area contributed by atoms with E-state index in [1.54, 1.807) is 94.3 Å². The molecule has 696 valence electrons. The molecule has 4 saturated heterocycles. The summed E-state index contributed by atoms with van der Waals surface area (Å²) in [5.74, 6) is -0.207. The molecule has 8 aromatic carbocycles. The Morgan fingerprint density at radius 3 is 1.39 bits per heavy atom. The molecule has 38 heteroatoms. The zero-order valence-electron chi connectivity index (χ0n) is 73.2. The summed E-state index contributed by atoms with van der Waals surface area (Å²) in [6.07, 6.45) is 4.49. The fraction of sp³-hybridized carbons (Fsp3) is 0.312. The van der Waals surface area contributed by atoms with Crippen molar-refractivity contribution in [1.29, 1.82) is 5.26 Å². The monoisotopic (exact) mass is 1900 g/mol. The standard InChI is InChI=1S/C25H26FN3O4S.C24H19ClFN3O3.C24H22F3N3O4.C23H20F3N3O4S/c1-16(2)34(31,32)19-7-4-17(5-8-19)24(30)29-12-10-25(11-13-29)21-15-27-28(3)23(21)20-9-6-18(26)14-22(20)33-25;1-31-22-17(3-2-4-18(22)26)23(30)28-11-9-24(10-12-28)21-8-6-16(14-27)29(21)19-7-5-15(25)13-20(19)32-24;1-29-21-16-5-3-4-6-19(16)33-23(18(21)14-28-29)9-11-30(12-10-23)22(31)17-8-7-15(32-2)13-20(17)34-24(25,26)27;1-28-20-17-4-2-3-5-19(17)33-22(18(20)14-27-28)10-12-29(13-11-22)21(30)15-6-8-16(9-7-15)34(31,32)23(24,25)26/h4-9,14-16H,10-13H2,1-3H3;2-8,13H,9-12H2,1H3;3-8,13-14H,9-12H2,1-2H3;2-9,14H,10-13H2,1H3. The molecular formula is C96H87ClF8N12O15S2. The number of aryl methyl sites for hydroxylation is 3. The zero-order chi connectivity index (χ0) is 95.1. The highest BCUT2D eigenvalue weighted by Crippen LogP contribution is 2.55. The SMILES string of the molecule is CC(C)S(=O)(=O)c1ccc(C(=O)N2CCC3(CC2)Oc2cc(F)ccc2-c2c3cnn2C)cc1.COc1c(F)cccc1C(=O)N1CCC2(CC1)Oc1cc(Cl)ccc1-n1c(C#N)ccc12.COc1ccc(C(=O)N2CCC3(CC2)Oc2ccccc2-c2c3cnn2C)c(OC(F)(F)F)c1.Cn1ncc2c1-c1ccccc1OC21CCN(C(=O)c2ccc(S(=O)(=O)C(F)(F)F)cc2)CC1. The smallest absolute Gasteiger partial charge is 0.497 e. The molecule has 4 aromatic heterocycles. The van der Waals surface area contributed by atoms with Gasteiger partial charge in [0.05, 0.1) is 87.4 Å².